The van der Waals surface area contributed by atoms with E-state index in [9.17, 15) is 4.79 Å². The van der Waals surface area contributed by atoms with E-state index in [4.69, 9.17) is 4.74 Å². The molecule has 156 valence electrons. The molecule has 0 radical (unpaired) electrons. The molecule has 4 aromatic carbocycles. The van der Waals surface area contributed by atoms with E-state index < -0.39 is 6.10 Å². The number of aryl methyl sites for hydroxylation is 1. The Labute approximate surface area is 187 Å². The molecule has 4 aromatic rings. The number of benzene rings is 4. The summed E-state index contributed by atoms with van der Waals surface area (Å²) >= 11 is 1.80. The van der Waals surface area contributed by atoms with Crippen LogP contribution in [0.25, 0.3) is 10.8 Å². The first-order chi connectivity index (χ1) is 15.1. The lowest BCUT2D eigenvalue weighted by Crippen LogP contribution is -2.30. The molecule has 0 aliphatic heterocycles. The number of amides is 1. The van der Waals surface area contributed by atoms with Crippen LogP contribution in [0.3, 0.4) is 0 Å². The zero-order valence-corrected chi connectivity index (χ0v) is 18.5. The molecule has 4 rings (SSSR count). The summed E-state index contributed by atoms with van der Waals surface area (Å²) in [6.45, 7) is 3.78. The van der Waals surface area contributed by atoms with Gasteiger partial charge < -0.3 is 10.1 Å². The van der Waals surface area contributed by atoms with Gasteiger partial charge in [0, 0.05) is 16.3 Å². The maximum atomic E-state index is 12.7. The molecule has 1 N–H and O–H groups in total. The molecule has 0 bridgehead atoms. The summed E-state index contributed by atoms with van der Waals surface area (Å²) in [7, 11) is 0. The molecule has 4 heteroatoms. The Morgan fingerprint density at radius 2 is 1.65 bits per heavy atom. The maximum Gasteiger partial charge on any atom is 0.265 e. The Bertz CT molecular complexity index is 1190. The van der Waals surface area contributed by atoms with E-state index in [-0.39, 0.29) is 5.91 Å². The van der Waals surface area contributed by atoms with Gasteiger partial charge in [-0.15, -0.1) is 11.8 Å². The number of nitrogens with one attached hydrogen (secondary N) is 1. The first-order valence-corrected chi connectivity index (χ1v) is 11.3. The number of carbonyl (C=O) groups excluding carboxylic acids is 1. The van der Waals surface area contributed by atoms with Crippen LogP contribution in [-0.2, 0) is 10.5 Å². The van der Waals surface area contributed by atoms with Crippen LogP contribution in [0, 0.1) is 6.92 Å². The van der Waals surface area contributed by atoms with Crippen LogP contribution in [0.2, 0.25) is 0 Å². The van der Waals surface area contributed by atoms with Gasteiger partial charge in [0.15, 0.2) is 6.10 Å². The number of fused-ring (bicyclic) bond motifs is 1. The highest BCUT2D eigenvalue weighted by atomic mass is 32.2. The fourth-order valence-corrected chi connectivity index (χ4v) is 4.23. The van der Waals surface area contributed by atoms with E-state index in [2.05, 4.69) is 35.6 Å². The molecule has 0 saturated carbocycles. The first-order valence-electron chi connectivity index (χ1n) is 10.3. The number of ether oxygens (including phenoxy) is 1. The summed E-state index contributed by atoms with van der Waals surface area (Å²) in [6, 6.07) is 30.5. The number of rotatable bonds is 7. The minimum absolute atomic E-state index is 0.164. The molecule has 31 heavy (non-hydrogen) atoms. The lowest BCUT2D eigenvalue weighted by atomic mass is 10.1. The van der Waals surface area contributed by atoms with E-state index in [1.165, 1.54) is 10.5 Å². The zero-order chi connectivity index (χ0) is 21.6. The van der Waals surface area contributed by atoms with Gasteiger partial charge in [0.1, 0.15) is 5.75 Å². The molecule has 0 aliphatic rings. The monoisotopic (exact) mass is 427 g/mol. The summed E-state index contributed by atoms with van der Waals surface area (Å²) in [6.07, 6.45) is -0.603. The second-order valence-electron chi connectivity index (χ2n) is 7.51. The van der Waals surface area contributed by atoms with Gasteiger partial charge in [0.25, 0.3) is 5.91 Å². The van der Waals surface area contributed by atoms with Crippen molar-refractivity contribution in [1.82, 2.24) is 0 Å². The number of thioether (sulfide) groups is 1. The van der Waals surface area contributed by atoms with Crippen molar-refractivity contribution in [2.75, 3.05) is 5.32 Å². The van der Waals surface area contributed by atoms with Crippen LogP contribution >= 0.6 is 11.8 Å². The van der Waals surface area contributed by atoms with E-state index in [0.29, 0.717) is 5.75 Å². The summed E-state index contributed by atoms with van der Waals surface area (Å²) < 4.78 is 5.89. The predicted molar refractivity (Wildman–Crippen MR) is 130 cm³/mol. The van der Waals surface area contributed by atoms with Crippen LogP contribution in [0.4, 0.5) is 5.69 Å². The average Bonchev–Trinajstić information content (AvgIpc) is 2.80. The molecule has 0 heterocycles. The number of hydrogen-bond acceptors (Lipinski definition) is 3. The number of carbonyl (C=O) groups is 1. The molecule has 3 nitrogen and oxygen atoms in total. The predicted octanol–water partition coefficient (Wildman–Crippen LogP) is 6.85. The molecule has 0 saturated heterocycles. The van der Waals surface area contributed by atoms with Crippen molar-refractivity contribution in [3.8, 4) is 5.75 Å². The highest BCUT2D eigenvalue weighted by Gasteiger charge is 2.16. The lowest BCUT2D eigenvalue weighted by Gasteiger charge is -2.16. The van der Waals surface area contributed by atoms with Gasteiger partial charge in [-0.2, -0.15) is 0 Å². The van der Waals surface area contributed by atoms with Crippen LogP contribution in [-0.4, -0.2) is 12.0 Å². The van der Waals surface area contributed by atoms with Crippen LogP contribution in [0.5, 0.6) is 5.75 Å². The van der Waals surface area contributed by atoms with Crippen molar-refractivity contribution >= 4 is 34.1 Å². The van der Waals surface area contributed by atoms with Gasteiger partial charge in [0.05, 0.1) is 0 Å². The maximum absolute atomic E-state index is 12.7. The van der Waals surface area contributed by atoms with E-state index >= 15 is 0 Å². The minimum atomic E-state index is -0.603. The van der Waals surface area contributed by atoms with Crippen molar-refractivity contribution in [2.45, 2.75) is 30.6 Å². The normalized spacial score (nSPS) is 11.8. The van der Waals surface area contributed by atoms with Gasteiger partial charge in [0.2, 0.25) is 0 Å². The third-order valence-electron chi connectivity index (χ3n) is 5.10. The van der Waals surface area contributed by atoms with Crippen molar-refractivity contribution in [3.05, 3.63) is 102 Å². The Hall–Kier alpha value is -3.24. The Morgan fingerprint density at radius 1 is 0.903 bits per heavy atom. The van der Waals surface area contributed by atoms with Crippen LogP contribution < -0.4 is 10.1 Å². The molecular formula is C27H25NO2S. The van der Waals surface area contributed by atoms with Gasteiger partial charge in [-0.1, -0.05) is 60.7 Å². The van der Waals surface area contributed by atoms with Crippen molar-refractivity contribution in [2.24, 2.45) is 0 Å². The van der Waals surface area contributed by atoms with E-state index in [0.717, 1.165) is 27.8 Å². The fraction of sp³-hybridized carbons (Fsp3) is 0.148. The number of hydrogen-bond donors (Lipinski definition) is 1. The Morgan fingerprint density at radius 3 is 2.42 bits per heavy atom. The molecular weight excluding hydrogens is 402 g/mol. The summed E-state index contributed by atoms with van der Waals surface area (Å²) in [5.74, 6) is 1.41. The molecule has 0 aromatic heterocycles. The van der Waals surface area contributed by atoms with Gasteiger partial charge >= 0.3 is 0 Å². The van der Waals surface area contributed by atoms with E-state index in [1.54, 1.807) is 18.7 Å². The third-order valence-corrected chi connectivity index (χ3v) is 6.18. The fourth-order valence-electron chi connectivity index (χ4n) is 3.37. The molecule has 0 aliphatic carbocycles. The smallest absolute Gasteiger partial charge is 0.265 e. The second-order valence-corrected chi connectivity index (χ2v) is 8.56. The molecule has 1 amide bonds. The quantitative estimate of drug-likeness (QED) is 0.328. The van der Waals surface area contributed by atoms with Crippen molar-refractivity contribution in [1.29, 1.82) is 0 Å². The summed E-state index contributed by atoms with van der Waals surface area (Å²) in [4.78, 5) is 13.9. The average molecular weight is 428 g/mol. The van der Waals surface area contributed by atoms with Gasteiger partial charge in [-0.05, 0) is 66.1 Å². The standard InChI is InChI=1S/C27H25NO2S/c1-19-16-21(18-31-25-10-4-3-5-11-25)12-15-26(19)28-27(29)20(2)30-24-14-13-22-8-6-7-9-23(22)17-24/h3-17,20H,18H2,1-2H3,(H,28,29)/t20-/m0/s1. The molecule has 0 unspecified atom stereocenters. The highest BCUT2D eigenvalue weighted by Crippen LogP contribution is 2.25. The molecule has 1 atom stereocenters. The van der Waals surface area contributed by atoms with E-state index in [1.807, 2.05) is 67.6 Å². The summed E-state index contributed by atoms with van der Waals surface area (Å²) in [5.41, 5.74) is 3.08. The summed E-state index contributed by atoms with van der Waals surface area (Å²) in [5, 5.41) is 5.23. The van der Waals surface area contributed by atoms with Crippen molar-refractivity contribution < 1.29 is 9.53 Å². The zero-order valence-electron chi connectivity index (χ0n) is 17.7. The molecule has 0 fully saturated rings. The Kier molecular flexibility index (Phi) is 6.58. The SMILES string of the molecule is Cc1cc(CSc2ccccc2)ccc1NC(=O)[C@H](C)Oc1ccc2ccccc2c1. The highest BCUT2D eigenvalue weighted by molar-refractivity contribution is 7.98. The van der Waals surface area contributed by atoms with Gasteiger partial charge in [-0.3, -0.25) is 4.79 Å². The second kappa shape index (κ2) is 9.71. The topological polar surface area (TPSA) is 38.3 Å². The largest absolute Gasteiger partial charge is 0.481 e. The van der Waals surface area contributed by atoms with Crippen LogP contribution in [0.15, 0.2) is 95.9 Å². The van der Waals surface area contributed by atoms with Gasteiger partial charge in [-0.25, -0.2) is 0 Å². The van der Waals surface area contributed by atoms with Crippen LogP contribution in [0.1, 0.15) is 18.1 Å². The lowest BCUT2D eigenvalue weighted by molar-refractivity contribution is -0.122. The minimum Gasteiger partial charge on any atom is -0.481 e. The Balaban J connectivity index is 1.36. The first kappa shape index (κ1) is 21.0. The number of anilines is 1. The molecule has 0 spiro atoms. The third kappa shape index (κ3) is 5.47. The van der Waals surface area contributed by atoms with Crippen molar-refractivity contribution in [3.63, 3.8) is 0 Å².